The molecule has 1 rings (SSSR count). The fourth-order valence-corrected chi connectivity index (χ4v) is 5.74. The van der Waals surface area contributed by atoms with Gasteiger partial charge in [-0.25, -0.2) is 0 Å². The van der Waals surface area contributed by atoms with Crippen molar-refractivity contribution in [3.63, 3.8) is 0 Å². The number of thioether (sulfide) groups is 2. The second kappa shape index (κ2) is 11.3. The highest BCUT2D eigenvalue weighted by Crippen LogP contribution is 2.34. The molecule has 3 N–H and O–H groups in total. The standard InChI is InChI=1S/C15H32N2S2/c1-3-4-5-6-7-8-9-10-14(17-16)15-13(2)18-11-12-19-15/h13-15,17H,3-12,16H2,1-2H3. The Bertz CT molecular complexity index is 214. The summed E-state index contributed by atoms with van der Waals surface area (Å²) in [5.41, 5.74) is 3.08. The van der Waals surface area contributed by atoms with E-state index >= 15 is 0 Å². The van der Waals surface area contributed by atoms with E-state index in [0.29, 0.717) is 11.3 Å². The van der Waals surface area contributed by atoms with Gasteiger partial charge in [-0.15, -0.1) is 0 Å². The van der Waals surface area contributed by atoms with E-state index in [1.807, 2.05) is 0 Å². The van der Waals surface area contributed by atoms with E-state index in [2.05, 4.69) is 42.8 Å². The van der Waals surface area contributed by atoms with Gasteiger partial charge < -0.3 is 0 Å². The summed E-state index contributed by atoms with van der Waals surface area (Å²) < 4.78 is 0. The van der Waals surface area contributed by atoms with Crippen molar-refractivity contribution < 1.29 is 0 Å². The lowest BCUT2D eigenvalue weighted by Gasteiger charge is -2.34. The van der Waals surface area contributed by atoms with Crippen LogP contribution < -0.4 is 11.3 Å². The Morgan fingerprint density at radius 2 is 1.68 bits per heavy atom. The number of nitrogens with two attached hydrogens (primary N) is 1. The lowest BCUT2D eigenvalue weighted by atomic mass is 10.0. The Balaban J connectivity index is 2.10. The van der Waals surface area contributed by atoms with Gasteiger partial charge in [-0.05, 0) is 6.42 Å². The molecule has 0 bridgehead atoms. The van der Waals surface area contributed by atoms with Crippen LogP contribution in [0.1, 0.15) is 65.2 Å². The van der Waals surface area contributed by atoms with Crippen LogP contribution in [-0.2, 0) is 0 Å². The Labute approximate surface area is 128 Å². The van der Waals surface area contributed by atoms with Gasteiger partial charge in [-0.3, -0.25) is 11.3 Å². The van der Waals surface area contributed by atoms with Crippen molar-refractivity contribution in [3.05, 3.63) is 0 Å². The number of hydrogen-bond donors (Lipinski definition) is 2. The summed E-state index contributed by atoms with van der Waals surface area (Å²) >= 11 is 4.22. The summed E-state index contributed by atoms with van der Waals surface area (Å²) in [4.78, 5) is 0. The molecule has 3 unspecified atom stereocenters. The molecule has 0 aromatic carbocycles. The molecule has 0 aliphatic carbocycles. The molecule has 0 radical (unpaired) electrons. The molecule has 0 saturated carbocycles. The third-order valence-corrected chi connectivity index (χ3v) is 7.22. The van der Waals surface area contributed by atoms with Crippen molar-refractivity contribution in [1.29, 1.82) is 0 Å². The summed E-state index contributed by atoms with van der Waals surface area (Å²) in [5, 5.41) is 1.44. The third kappa shape index (κ3) is 7.26. The van der Waals surface area contributed by atoms with E-state index in [4.69, 9.17) is 5.84 Å². The van der Waals surface area contributed by atoms with Crippen LogP contribution in [0.4, 0.5) is 0 Å². The Morgan fingerprint density at radius 1 is 1.05 bits per heavy atom. The van der Waals surface area contributed by atoms with Crippen molar-refractivity contribution in [2.45, 2.75) is 81.8 Å². The quantitative estimate of drug-likeness (QED) is 0.360. The van der Waals surface area contributed by atoms with Crippen LogP contribution in [0, 0.1) is 0 Å². The highest BCUT2D eigenvalue weighted by Gasteiger charge is 2.29. The second-order valence-electron chi connectivity index (χ2n) is 5.59. The lowest BCUT2D eigenvalue weighted by molar-refractivity contribution is 0.445. The maximum absolute atomic E-state index is 5.77. The zero-order chi connectivity index (χ0) is 13.9. The fraction of sp³-hybridized carbons (Fsp3) is 1.00. The molecule has 2 nitrogen and oxygen atoms in total. The van der Waals surface area contributed by atoms with Gasteiger partial charge in [0.1, 0.15) is 0 Å². The molecule has 114 valence electrons. The van der Waals surface area contributed by atoms with E-state index < -0.39 is 0 Å². The molecule has 1 aliphatic heterocycles. The number of unbranched alkanes of at least 4 members (excludes halogenated alkanes) is 6. The summed E-state index contributed by atoms with van der Waals surface area (Å²) in [6.07, 6.45) is 10.9. The number of hydrazine groups is 1. The van der Waals surface area contributed by atoms with Crippen molar-refractivity contribution in [3.8, 4) is 0 Å². The van der Waals surface area contributed by atoms with Gasteiger partial charge in [0, 0.05) is 28.0 Å². The van der Waals surface area contributed by atoms with Crippen molar-refractivity contribution >= 4 is 23.5 Å². The first-order chi connectivity index (χ1) is 9.29. The van der Waals surface area contributed by atoms with Gasteiger partial charge in [0.05, 0.1) is 0 Å². The fourth-order valence-electron chi connectivity index (χ4n) is 2.76. The van der Waals surface area contributed by atoms with Crippen molar-refractivity contribution in [1.82, 2.24) is 5.43 Å². The predicted molar refractivity (Wildman–Crippen MR) is 91.9 cm³/mol. The van der Waals surface area contributed by atoms with Crippen LogP contribution in [0.2, 0.25) is 0 Å². The van der Waals surface area contributed by atoms with Gasteiger partial charge in [-0.2, -0.15) is 23.5 Å². The number of rotatable bonds is 10. The molecular weight excluding hydrogens is 272 g/mol. The average Bonchev–Trinajstić information content (AvgIpc) is 2.43. The van der Waals surface area contributed by atoms with Crippen LogP contribution in [0.15, 0.2) is 0 Å². The first-order valence-corrected chi connectivity index (χ1v) is 10.1. The Kier molecular flexibility index (Phi) is 10.5. The Hall–Kier alpha value is 0.620. The normalized spacial score (nSPS) is 25.4. The average molecular weight is 305 g/mol. The molecule has 0 aromatic rings. The molecule has 3 atom stereocenters. The highest BCUT2D eigenvalue weighted by atomic mass is 32.2. The molecule has 0 aromatic heterocycles. The lowest BCUT2D eigenvalue weighted by Crippen LogP contribution is -2.47. The molecule has 4 heteroatoms. The minimum absolute atomic E-state index is 0.503. The monoisotopic (exact) mass is 304 g/mol. The second-order valence-corrected chi connectivity index (χ2v) is 8.37. The van der Waals surface area contributed by atoms with Crippen LogP contribution in [0.5, 0.6) is 0 Å². The summed E-state index contributed by atoms with van der Waals surface area (Å²) in [5.74, 6) is 8.36. The number of nitrogens with one attached hydrogen (secondary N) is 1. The van der Waals surface area contributed by atoms with Gasteiger partial charge in [0.2, 0.25) is 0 Å². The van der Waals surface area contributed by atoms with E-state index in [1.165, 1.54) is 62.9 Å². The summed E-state index contributed by atoms with van der Waals surface area (Å²) in [6.45, 7) is 4.63. The molecule has 1 saturated heterocycles. The molecule has 0 spiro atoms. The Morgan fingerprint density at radius 3 is 2.32 bits per heavy atom. The molecule has 19 heavy (non-hydrogen) atoms. The van der Waals surface area contributed by atoms with Crippen molar-refractivity contribution in [2.24, 2.45) is 5.84 Å². The minimum atomic E-state index is 0.503. The maximum Gasteiger partial charge on any atom is 0.0340 e. The molecule has 1 heterocycles. The van der Waals surface area contributed by atoms with Crippen LogP contribution in [0.25, 0.3) is 0 Å². The van der Waals surface area contributed by atoms with E-state index in [9.17, 15) is 0 Å². The van der Waals surface area contributed by atoms with Gasteiger partial charge in [0.15, 0.2) is 0 Å². The van der Waals surface area contributed by atoms with Crippen LogP contribution in [0.3, 0.4) is 0 Å². The molecule has 1 aliphatic rings. The first-order valence-electron chi connectivity index (χ1n) is 7.99. The van der Waals surface area contributed by atoms with Gasteiger partial charge in [-0.1, -0.05) is 58.8 Å². The number of hydrogen-bond acceptors (Lipinski definition) is 4. The van der Waals surface area contributed by atoms with E-state index in [0.717, 1.165) is 5.25 Å². The first kappa shape index (κ1) is 17.7. The molecule has 0 amide bonds. The minimum Gasteiger partial charge on any atom is -0.271 e. The predicted octanol–water partition coefficient (Wildman–Crippen LogP) is 4.20. The van der Waals surface area contributed by atoms with Gasteiger partial charge in [0.25, 0.3) is 0 Å². The van der Waals surface area contributed by atoms with E-state index in [-0.39, 0.29) is 0 Å². The zero-order valence-corrected chi connectivity index (χ0v) is 14.3. The largest absolute Gasteiger partial charge is 0.271 e. The highest BCUT2D eigenvalue weighted by molar-refractivity contribution is 8.07. The van der Waals surface area contributed by atoms with Gasteiger partial charge >= 0.3 is 0 Å². The summed E-state index contributed by atoms with van der Waals surface area (Å²) in [7, 11) is 0. The smallest absolute Gasteiger partial charge is 0.0340 e. The van der Waals surface area contributed by atoms with Crippen LogP contribution in [-0.4, -0.2) is 28.0 Å². The molecule has 1 fully saturated rings. The topological polar surface area (TPSA) is 38.0 Å². The maximum atomic E-state index is 5.77. The zero-order valence-electron chi connectivity index (χ0n) is 12.7. The molecular formula is C15H32N2S2. The van der Waals surface area contributed by atoms with E-state index in [1.54, 1.807) is 0 Å². The van der Waals surface area contributed by atoms with Crippen molar-refractivity contribution in [2.75, 3.05) is 11.5 Å². The third-order valence-electron chi connectivity index (χ3n) is 3.97. The van der Waals surface area contributed by atoms with Crippen LogP contribution >= 0.6 is 23.5 Å². The SMILES string of the molecule is CCCCCCCCCC(NN)C1SCCSC1C. The summed E-state index contributed by atoms with van der Waals surface area (Å²) in [6, 6.07) is 0.503.